The first kappa shape index (κ1) is 42.3. The van der Waals surface area contributed by atoms with E-state index < -0.39 is 0 Å². The molecule has 0 aliphatic carbocycles. The maximum Gasteiger partial charge on any atom is 0.0387 e. The van der Waals surface area contributed by atoms with E-state index >= 15 is 0 Å². The maximum atomic E-state index is 3.70. The first-order chi connectivity index (χ1) is 32.2. The van der Waals surface area contributed by atoms with Crippen molar-refractivity contribution >= 4 is 44.3 Å². The monoisotopic (exact) mass is 852 g/mol. The van der Waals surface area contributed by atoms with Crippen molar-refractivity contribution in [3.05, 3.63) is 228 Å². The maximum absolute atomic E-state index is 3.70. The van der Waals surface area contributed by atoms with Gasteiger partial charge < -0.3 is 10.6 Å². The van der Waals surface area contributed by atoms with Crippen molar-refractivity contribution in [3.63, 3.8) is 0 Å². The van der Waals surface area contributed by atoms with Gasteiger partial charge in [-0.2, -0.15) is 0 Å². The molecule has 66 heavy (non-hydrogen) atoms. The van der Waals surface area contributed by atoms with Gasteiger partial charge in [0.05, 0.1) is 0 Å². The van der Waals surface area contributed by atoms with Gasteiger partial charge in [0.1, 0.15) is 0 Å². The molecule has 0 radical (unpaired) electrons. The third-order valence-corrected chi connectivity index (χ3v) is 13.5. The van der Waals surface area contributed by atoms with Crippen LogP contribution in [0.25, 0.3) is 77.2 Å². The van der Waals surface area contributed by atoms with Crippen LogP contribution in [0.3, 0.4) is 0 Å². The Kier molecular flexibility index (Phi) is 11.6. The summed E-state index contributed by atoms with van der Waals surface area (Å²) in [5, 5.41) is 12.4. The van der Waals surface area contributed by atoms with E-state index in [0.29, 0.717) is 0 Å². The minimum Gasteiger partial charge on any atom is -0.356 e. The van der Waals surface area contributed by atoms with Gasteiger partial charge in [-0.25, -0.2) is 0 Å². The molecule has 0 aliphatic heterocycles. The van der Waals surface area contributed by atoms with Gasteiger partial charge in [-0.1, -0.05) is 158 Å². The predicted molar refractivity (Wildman–Crippen MR) is 286 cm³/mol. The van der Waals surface area contributed by atoms with Crippen LogP contribution in [0.2, 0.25) is 0 Å². The zero-order valence-electron chi connectivity index (χ0n) is 38.9. The second kappa shape index (κ2) is 18.1. The van der Waals surface area contributed by atoms with Crippen LogP contribution < -0.4 is 10.6 Å². The largest absolute Gasteiger partial charge is 0.356 e. The van der Waals surface area contributed by atoms with Gasteiger partial charge in [-0.05, 0) is 201 Å². The van der Waals surface area contributed by atoms with Gasteiger partial charge in [-0.15, -0.1) is 0 Å². The SMILES string of the molecule is CCc1cc(Nc2ccc(-c3cc4ccccc4c(-c4c(C)c(-c5ccc(Nc6ccc(-c7ccc(C)cc7)c(CC)c6)cc5)cc5ccccc45)c3C)cc2)ccc1-c1ccc(C)cc1. The number of benzene rings is 10. The fraction of sp³-hybridized carbons (Fsp3) is 0.125. The summed E-state index contributed by atoms with van der Waals surface area (Å²) in [6.45, 7) is 13.4. The van der Waals surface area contributed by atoms with E-state index in [4.69, 9.17) is 0 Å². The summed E-state index contributed by atoms with van der Waals surface area (Å²) < 4.78 is 0. The van der Waals surface area contributed by atoms with E-state index in [9.17, 15) is 0 Å². The minimum atomic E-state index is 0.966. The van der Waals surface area contributed by atoms with Crippen LogP contribution >= 0.6 is 0 Å². The van der Waals surface area contributed by atoms with Crippen molar-refractivity contribution < 1.29 is 0 Å². The van der Waals surface area contributed by atoms with Crippen LogP contribution in [-0.4, -0.2) is 0 Å². The van der Waals surface area contributed by atoms with Crippen LogP contribution in [0, 0.1) is 27.7 Å². The summed E-state index contributed by atoms with van der Waals surface area (Å²) in [7, 11) is 0. The molecule has 0 saturated carbocycles. The molecule has 0 heterocycles. The molecule has 0 saturated heterocycles. The van der Waals surface area contributed by atoms with Crippen LogP contribution in [0.1, 0.15) is 47.2 Å². The number of rotatable bonds is 11. The number of anilines is 4. The summed E-state index contributed by atoms with van der Waals surface area (Å²) in [4.78, 5) is 0. The van der Waals surface area contributed by atoms with Crippen molar-refractivity contribution in [2.45, 2.75) is 54.4 Å². The second-order valence-electron chi connectivity index (χ2n) is 17.9. The lowest BCUT2D eigenvalue weighted by atomic mass is 9.82. The molecule has 0 unspecified atom stereocenters. The number of aryl methyl sites for hydroxylation is 4. The Morgan fingerprint density at radius 3 is 1.03 bits per heavy atom. The number of fused-ring (bicyclic) bond motifs is 2. The Labute approximate surface area is 390 Å². The molecule has 2 nitrogen and oxygen atoms in total. The zero-order chi connectivity index (χ0) is 45.3. The van der Waals surface area contributed by atoms with E-state index in [1.165, 1.54) is 111 Å². The predicted octanol–water partition coefficient (Wildman–Crippen LogP) is 18.2. The Morgan fingerprint density at radius 1 is 0.318 bits per heavy atom. The van der Waals surface area contributed by atoms with Crippen LogP contribution in [-0.2, 0) is 12.8 Å². The van der Waals surface area contributed by atoms with Crippen molar-refractivity contribution in [2.75, 3.05) is 10.6 Å². The quantitative estimate of drug-likeness (QED) is 0.135. The standard InChI is InChI=1S/C64H56N2/c1-7-45-37-55(33-35-57(45)47-21-17-41(3)18-22-47)65-53-29-25-49(26-30-53)61-39-51-13-9-11-15-59(51)63(43(61)5)64-44(6)62(40-52-14-10-12-16-60(52)64)50-27-31-54(32-28-50)66-56-34-36-58(46(8-2)38-56)48-23-19-42(4)20-24-48/h9-40,65-66H,7-8H2,1-6H3. The van der Waals surface area contributed by atoms with Gasteiger partial charge in [0, 0.05) is 22.7 Å². The fourth-order valence-corrected chi connectivity index (χ4v) is 9.90. The van der Waals surface area contributed by atoms with E-state index in [2.05, 4.69) is 246 Å². The molecule has 0 spiro atoms. The third kappa shape index (κ3) is 8.28. The fourth-order valence-electron chi connectivity index (χ4n) is 9.90. The lowest BCUT2D eigenvalue weighted by Crippen LogP contribution is -1.97. The van der Waals surface area contributed by atoms with E-state index in [1.54, 1.807) is 0 Å². The minimum absolute atomic E-state index is 0.966. The zero-order valence-corrected chi connectivity index (χ0v) is 38.9. The van der Waals surface area contributed by atoms with Gasteiger partial charge in [-0.3, -0.25) is 0 Å². The molecule has 0 aromatic heterocycles. The van der Waals surface area contributed by atoms with Crippen molar-refractivity contribution in [1.82, 2.24) is 0 Å². The first-order valence-electron chi connectivity index (χ1n) is 23.4. The summed E-state index contributed by atoms with van der Waals surface area (Å²) in [6, 6.07) is 71.6. The molecule has 322 valence electrons. The molecule has 10 rings (SSSR count). The summed E-state index contributed by atoms with van der Waals surface area (Å²) in [6.07, 6.45) is 1.93. The van der Waals surface area contributed by atoms with Crippen LogP contribution in [0.5, 0.6) is 0 Å². The third-order valence-electron chi connectivity index (χ3n) is 13.5. The molecule has 0 fully saturated rings. The van der Waals surface area contributed by atoms with E-state index in [1.807, 2.05) is 0 Å². The summed E-state index contributed by atoms with van der Waals surface area (Å²) in [5.74, 6) is 0. The first-order valence-corrected chi connectivity index (χ1v) is 23.4. The molecule has 2 N–H and O–H groups in total. The Morgan fingerprint density at radius 2 is 0.652 bits per heavy atom. The summed E-state index contributed by atoms with van der Waals surface area (Å²) >= 11 is 0. The highest BCUT2D eigenvalue weighted by molar-refractivity contribution is 6.11. The average Bonchev–Trinajstić information content (AvgIpc) is 3.35. The molecule has 0 aliphatic rings. The van der Waals surface area contributed by atoms with Crippen LogP contribution in [0.15, 0.2) is 194 Å². The van der Waals surface area contributed by atoms with Gasteiger partial charge in [0.25, 0.3) is 0 Å². The highest BCUT2D eigenvalue weighted by Crippen LogP contribution is 2.46. The molecular weight excluding hydrogens is 797 g/mol. The number of hydrogen-bond donors (Lipinski definition) is 2. The number of hydrogen-bond acceptors (Lipinski definition) is 2. The molecular formula is C64H56N2. The molecule has 0 amide bonds. The van der Waals surface area contributed by atoms with Gasteiger partial charge >= 0.3 is 0 Å². The van der Waals surface area contributed by atoms with Crippen molar-refractivity contribution in [3.8, 4) is 55.6 Å². The summed E-state index contributed by atoms with van der Waals surface area (Å²) in [5.41, 5.74) is 24.7. The van der Waals surface area contributed by atoms with Crippen molar-refractivity contribution in [2.24, 2.45) is 0 Å². The van der Waals surface area contributed by atoms with E-state index in [-0.39, 0.29) is 0 Å². The Hall–Kier alpha value is -7.68. The van der Waals surface area contributed by atoms with Gasteiger partial charge in [0.15, 0.2) is 0 Å². The topological polar surface area (TPSA) is 24.1 Å². The molecule has 0 atom stereocenters. The van der Waals surface area contributed by atoms with Gasteiger partial charge in [0.2, 0.25) is 0 Å². The average molecular weight is 853 g/mol. The highest BCUT2D eigenvalue weighted by atomic mass is 14.9. The van der Waals surface area contributed by atoms with E-state index in [0.717, 1.165) is 35.6 Å². The molecule has 2 heteroatoms. The lowest BCUT2D eigenvalue weighted by Gasteiger charge is -2.22. The molecule has 0 bridgehead atoms. The smallest absolute Gasteiger partial charge is 0.0387 e. The normalized spacial score (nSPS) is 11.3. The lowest BCUT2D eigenvalue weighted by molar-refractivity contribution is 1.14. The Balaban J connectivity index is 0.980. The second-order valence-corrected chi connectivity index (χ2v) is 17.9. The molecule has 10 aromatic rings. The molecule has 10 aromatic carbocycles. The van der Waals surface area contributed by atoms with Crippen molar-refractivity contribution in [1.29, 1.82) is 0 Å². The highest BCUT2D eigenvalue weighted by Gasteiger charge is 2.20. The van der Waals surface area contributed by atoms with Crippen LogP contribution in [0.4, 0.5) is 22.7 Å². The Bertz CT molecular complexity index is 3150. The number of nitrogens with one attached hydrogen (secondary N) is 2.